The molecule has 1 saturated heterocycles. The van der Waals surface area contributed by atoms with Gasteiger partial charge in [-0.3, -0.25) is 4.98 Å². The third-order valence-electron chi connectivity index (χ3n) is 5.15. The van der Waals surface area contributed by atoms with Crippen LogP contribution in [0.3, 0.4) is 0 Å². The van der Waals surface area contributed by atoms with Crippen LogP contribution in [0.4, 0.5) is 17.1 Å². The largest absolute Gasteiger partial charge is 0.369 e. The van der Waals surface area contributed by atoms with Crippen molar-refractivity contribution in [2.45, 2.75) is 0 Å². The van der Waals surface area contributed by atoms with Crippen LogP contribution in [0.15, 0.2) is 48.7 Å². The summed E-state index contributed by atoms with van der Waals surface area (Å²) in [6, 6.07) is 14.7. The first kappa shape index (κ1) is 16.4. The molecule has 0 saturated carbocycles. The second kappa shape index (κ2) is 6.75. The molecule has 3 heterocycles. The lowest BCUT2D eigenvalue weighted by molar-refractivity contribution is 0.313. The van der Waals surface area contributed by atoms with Crippen molar-refractivity contribution < 1.29 is 0 Å². The Bertz CT molecular complexity index is 1080. The fourth-order valence-electron chi connectivity index (χ4n) is 3.55. The lowest BCUT2D eigenvalue weighted by atomic mass is 10.1. The highest BCUT2D eigenvalue weighted by Crippen LogP contribution is 2.30. The summed E-state index contributed by atoms with van der Waals surface area (Å²) < 4.78 is 8.70. The predicted octanol–water partition coefficient (Wildman–Crippen LogP) is 3.73. The molecule has 0 amide bonds. The molecular formula is C20H20N6S. The van der Waals surface area contributed by atoms with E-state index in [1.807, 2.05) is 18.3 Å². The zero-order valence-electron chi connectivity index (χ0n) is 15.1. The highest BCUT2D eigenvalue weighted by molar-refractivity contribution is 7.00. The van der Waals surface area contributed by atoms with E-state index in [1.54, 1.807) is 0 Å². The van der Waals surface area contributed by atoms with Gasteiger partial charge in [0.15, 0.2) is 0 Å². The van der Waals surface area contributed by atoms with Crippen molar-refractivity contribution in [3.05, 3.63) is 48.7 Å². The van der Waals surface area contributed by atoms with E-state index in [4.69, 9.17) is 0 Å². The first-order valence-electron chi connectivity index (χ1n) is 9.08. The van der Waals surface area contributed by atoms with E-state index in [1.165, 1.54) is 17.4 Å². The van der Waals surface area contributed by atoms with Gasteiger partial charge in [0, 0.05) is 54.8 Å². The van der Waals surface area contributed by atoms with E-state index >= 15 is 0 Å². The minimum absolute atomic E-state index is 0.867. The molecule has 1 aliphatic heterocycles. The van der Waals surface area contributed by atoms with Gasteiger partial charge in [-0.05, 0) is 49.5 Å². The van der Waals surface area contributed by atoms with Gasteiger partial charge in [-0.25, -0.2) is 0 Å². The topological polar surface area (TPSA) is 57.2 Å². The van der Waals surface area contributed by atoms with Crippen molar-refractivity contribution in [3.8, 4) is 0 Å². The molecule has 27 heavy (non-hydrogen) atoms. The third kappa shape index (κ3) is 3.09. The van der Waals surface area contributed by atoms with E-state index in [-0.39, 0.29) is 0 Å². The number of nitrogens with one attached hydrogen (secondary N) is 1. The van der Waals surface area contributed by atoms with Crippen molar-refractivity contribution in [2.75, 3.05) is 43.4 Å². The van der Waals surface area contributed by atoms with Gasteiger partial charge in [-0.1, -0.05) is 0 Å². The second-order valence-electron chi connectivity index (χ2n) is 6.91. The van der Waals surface area contributed by atoms with Gasteiger partial charge < -0.3 is 15.1 Å². The summed E-state index contributed by atoms with van der Waals surface area (Å²) in [7, 11) is 2.18. The molecule has 6 nitrogen and oxygen atoms in total. The van der Waals surface area contributed by atoms with Gasteiger partial charge in [-0.15, -0.1) is 0 Å². The SMILES string of the molecule is CN1CCN(c2ccc(Nc3ccnc4c3ccc3nsnc34)cc2)CC1. The number of benzene rings is 2. The molecule has 1 N–H and O–H groups in total. The van der Waals surface area contributed by atoms with Gasteiger partial charge in [0.25, 0.3) is 0 Å². The Kier molecular flexibility index (Phi) is 4.10. The molecule has 1 aliphatic rings. The molecule has 4 aromatic rings. The minimum atomic E-state index is 0.867. The summed E-state index contributed by atoms with van der Waals surface area (Å²) in [6.07, 6.45) is 1.82. The van der Waals surface area contributed by atoms with E-state index in [9.17, 15) is 0 Å². The molecule has 7 heteroatoms. The van der Waals surface area contributed by atoms with Crippen LogP contribution in [0.5, 0.6) is 0 Å². The lowest BCUT2D eigenvalue weighted by Crippen LogP contribution is -2.44. The lowest BCUT2D eigenvalue weighted by Gasteiger charge is -2.34. The fraction of sp³-hybridized carbons (Fsp3) is 0.250. The second-order valence-corrected chi connectivity index (χ2v) is 7.44. The number of hydrogen-bond acceptors (Lipinski definition) is 7. The molecule has 2 aromatic heterocycles. The Morgan fingerprint density at radius 1 is 0.889 bits per heavy atom. The van der Waals surface area contributed by atoms with Crippen LogP contribution in [0.25, 0.3) is 21.9 Å². The Balaban J connectivity index is 1.42. The standard InChI is InChI=1S/C20H20N6S/c1-25-10-12-26(13-11-25)15-4-2-14(3-5-15)22-17-8-9-21-19-16(17)6-7-18-20(19)24-27-23-18/h2-9H,10-13H2,1H3,(H,21,22). The number of nitrogens with zero attached hydrogens (tertiary/aromatic N) is 5. The number of aromatic nitrogens is 3. The molecule has 0 radical (unpaired) electrons. The van der Waals surface area contributed by atoms with Crippen molar-refractivity contribution in [2.24, 2.45) is 0 Å². The molecule has 5 rings (SSSR count). The first-order chi connectivity index (χ1) is 13.3. The van der Waals surface area contributed by atoms with E-state index < -0.39 is 0 Å². The van der Waals surface area contributed by atoms with Crippen molar-refractivity contribution in [3.63, 3.8) is 0 Å². The summed E-state index contributed by atoms with van der Waals surface area (Å²) in [4.78, 5) is 9.33. The number of rotatable bonds is 3. The summed E-state index contributed by atoms with van der Waals surface area (Å²) in [5.41, 5.74) is 6.03. The molecule has 0 atom stereocenters. The number of hydrogen-bond donors (Lipinski definition) is 1. The van der Waals surface area contributed by atoms with E-state index in [0.717, 1.165) is 59.5 Å². The summed E-state index contributed by atoms with van der Waals surface area (Å²) in [5, 5.41) is 4.59. The normalized spacial score (nSPS) is 15.5. The molecule has 0 aliphatic carbocycles. The highest BCUT2D eigenvalue weighted by atomic mass is 32.1. The van der Waals surface area contributed by atoms with Crippen LogP contribution in [0, 0.1) is 0 Å². The molecule has 136 valence electrons. The first-order valence-corrected chi connectivity index (χ1v) is 9.81. The van der Waals surface area contributed by atoms with Crippen LogP contribution < -0.4 is 10.2 Å². The highest BCUT2D eigenvalue weighted by Gasteiger charge is 2.14. The van der Waals surface area contributed by atoms with Gasteiger partial charge >= 0.3 is 0 Å². The molecule has 0 bridgehead atoms. The minimum Gasteiger partial charge on any atom is -0.369 e. The third-order valence-corrected chi connectivity index (χ3v) is 5.69. The van der Waals surface area contributed by atoms with E-state index in [2.05, 4.69) is 66.2 Å². The van der Waals surface area contributed by atoms with Crippen molar-refractivity contribution >= 4 is 50.7 Å². The molecule has 0 unspecified atom stereocenters. The maximum absolute atomic E-state index is 4.52. The number of likely N-dealkylation sites (N-methyl/N-ethyl adjacent to an activating group) is 1. The average Bonchev–Trinajstić information content (AvgIpc) is 3.19. The molecule has 2 aromatic carbocycles. The van der Waals surface area contributed by atoms with Crippen LogP contribution in [-0.4, -0.2) is 51.9 Å². The maximum atomic E-state index is 4.52. The van der Waals surface area contributed by atoms with Crippen molar-refractivity contribution in [1.29, 1.82) is 0 Å². The zero-order valence-corrected chi connectivity index (χ0v) is 15.9. The number of piperazine rings is 1. The van der Waals surface area contributed by atoms with Crippen LogP contribution in [-0.2, 0) is 0 Å². The Labute approximate surface area is 161 Å². The summed E-state index contributed by atoms with van der Waals surface area (Å²) in [6.45, 7) is 4.39. The van der Waals surface area contributed by atoms with Crippen LogP contribution in [0.1, 0.15) is 0 Å². The predicted molar refractivity (Wildman–Crippen MR) is 112 cm³/mol. The van der Waals surface area contributed by atoms with Gasteiger partial charge in [0.1, 0.15) is 16.6 Å². The zero-order chi connectivity index (χ0) is 18.2. The van der Waals surface area contributed by atoms with Gasteiger partial charge in [0.2, 0.25) is 0 Å². The molecule has 1 fully saturated rings. The Morgan fingerprint density at radius 3 is 2.52 bits per heavy atom. The van der Waals surface area contributed by atoms with Crippen molar-refractivity contribution in [1.82, 2.24) is 18.6 Å². The Morgan fingerprint density at radius 2 is 1.70 bits per heavy atom. The maximum Gasteiger partial charge on any atom is 0.131 e. The van der Waals surface area contributed by atoms with Gasteiger partial charge in [0.05, 0.1) is 11.7 Å². The van der Waals surface area contributed by atoms with Gasteiger partial charge in [-0.2, -0.15) is 8.75 Å². The number of anilines is 3. The molecule has 0 spiro atoms. The summed E-state index contributed by atoms with van der Waals surface area (Å²) >= 11 is 1.22. The van der Waals surface area contributed by atoms with E-state index in [0.29, 0.717) is 0 Å². The monoisotopic (exact) mass is 376 g/mol. The number of fused-ring (bicyclic) bond motifs is 3. The quantitative estimate of drug-likeness (QED) is 0.588. The smallest absolute Gasteiger partial charge is 0.131 e. The van der Waals surface area contributed by atoms with Crippen LogP contribution >= 0.6 is 11.7 Å². The fourth-order valence-corrected chi connectivity index (χ4v) is 4.08. The molecular weight excluding hydrogens is 356 g/mol. The number of pyridine rings is 1. The Hall–Kier alpha value is -2.77. The van der Waals surface area contributed by atoms with Crippen LogP contribution in [0.2, 0.25) is 0 Å². The summed E-state index contributed by atoms with van der Waals surface area (Å²) in [5.74, 6) is 0. The average molecular weight is 376 g/mol.